The molecule has 15 heavy (non-hydrogen) atoms. The predicted octanol–water partition coefficient (Wildman–Crippen LogP) is 1.43. The van der Waals surface area contributed by atoms with Gasteiger partial charge in [-0.15, -0.1) is 0 Å². The third-order valence-electron chi connectivity index (χ3n) is 1.43. The average molecular weight is 312 g/mol. The van der Waals surface area contributed by atoms with Gasteiger partial charge in [-0.05, 0) is 0 Å². The molecule has 0 aliphatic heterocycles. The number of aliphatic hydroxyl groups is 1. The van der Waals surface area contributed by atoms with Crippen LogP contribution in [-0.4, -0.2) is 31.6 Å². The van der Waals surface area contributed by atoms with Gasteiger partial charge in [0.25, 0.3) is 0 Å². The normalized spacial score (nSPS) is 9.53. The molecule has 76 valence electrons. The zero-order valence-electron chi connectivity index (χ0n) is 8.74. The number of hydrogen-bond acceptors (Lipinski definition) is 1. The summed E-state index contributed by atoms with van der Waals surface area (Å²) >= 11 is -0.619. The summed E-state index contributed by atoms with van der Waals surface area (Å²) in [6, 6.07) is 9.85. The Morgan fingerprint density at radius 2 is 1.80 bits per heavy atom. The predicted molar refractivity (Wildman–Crippen MR) is 63.1 cm³/mol. The van der Waals surface area contributed by atoms with Gasteiger partial charge < -0.3 is 0 Å². The maximum atomic E-state index is 9.33. The van der Waals surface area contributed by atoms with Crippen LogP contribution < -0.4 is 0 Å². The van der Waals surface area contributed by atoms with Crippen LogP contribution in [0.15, 0.2) is 30.3 Å². The van der Waals surface area contributed by atoms with E-state index in [1.807, 2.05) is 30.3 Å². The molecule has 0 aliphatic carbocycles. The third-order valence-corrected chi connectivity index (χ3v) is 2.59. The second-order valence-corrected chi connectivity index (χ2v) is 5.23. The zero-order valence-corrected chi connectivity index (χ0v) is 11.1. The van der Waals surface area contributed by atoms with Gasteiger partial charge in [-0.25, -0.2) is 0 Å². The topological polar surface area (TPSA) is 20.2 Å². The molecule has 1 rings (SSSR count). The fourth-order valence-corrected chi connectivity index (χ4v) is 2.27. The van der Waals surface area contributed by atoms with Crippen molar-refractivity contribution in [1.29, 1.82) is 0 Å². The molecule has 1 N–H and O–H groups in total. The van der Waals surface area contributed by atoms with Crippen molar-refractivity contribution >= 4 is 20.9 Å². The fraction of sp³-hybridized carbons (Fsp3) is 0.231. The summed E-state index contributed by atoms with van der Waals surface area (Å²) in [7, 11) is 0. The van der Waals surface area contributed by atoms with E-state index in [9.17, 15) is 5.11 Å². The fourth-order valence-electron chi connectivity index (χ4n) is 0.782. The Morgan fingerprint density at radius 1 is 1.13 bits per heavy atom. The van der Waals surface area contributed by atoms with Crippen LogP contribution in [0, 0.1) is 19.8 Å². The molecule has 0 spiro atoms. The van der Waals surface area contributed by atoms with Crippen LogP contribution in [0.25, 0.3) is 0 Å². The van der Waals surface area contributed by atoms with Crippen LogP contribution in [-0.2, 0) is 0 Å². The molecule has 0 aromatic heterocycles. The summed E-state index contributed by atoms with van der Waals surface area (Å²) in [5, 5.41) is 9.33. The van der Waals surface area contributed by atoms with Crippen molar-refractivity contribution in [1.82, 2.24) is 0 Å². The molecule has 2 heteroatoms. The van der Waals surface area contributed by atoms with E-state index in [1.54, 1.807) is 13.8 Å². The van der Waals surface area contributed by atoms with Crippen molar-refractivity contribution in [3.63, 3.8) is 0 Å². The molecule has 0 saturated carbocycles. The Labute approximate surface area is 101 Å². The molecule has 0 atom stereocenters. The van der Waals surface area contributed by atoms with Crippen molar-refractivity contribution in [3.8, 4) is 19.8 Å². The number of rotatable bonds is 0. The monoisotopic (exact) mass is 314 g/mol. The Morgan fingerprint density at radius 3 is 2.40 bits per heavy atom. The van der Waals surface area contributed by atoms with Crippen molar-refractivity contribution in [2.24, 2.45) is 0 Å². The summed E-state index contributed by atoms with van der Waals surface area (Å²) in [6.07, 6.45) is 0. The first-order chi connectivity index (χ1) is 7.08. The third kappa shape index (κ3) is 6.22. The van der Waals surface area contributed by atoms with Crippen LogP contribution in [0.3, 0.4) is 0 Å². The molecule has 1 aromatic carbocycles. The van der Waals surface area contributed by atoms with E-state index in [0.717, 1.165) is 5.56 Å². The summed E-state index contributed by atoms with van der Waals surface area (Å²) in [4.78, 5) is 0. The van der Waals surface area contributed by atoms with Crippen LogP contribution in [0.2, 0.25) is 0 Å². The molecular weight excluding hydrogens is 300 g/mol. The average Bonchev–Trinajstić information content (AvgIpc) is 2.17. The quantitative estimate of drug-likeness (QED) is 0.568. The van der Waals surface area contributed by atoms with Gasteiger partial charge in [-0.3, -0.25) is 0 Å². The van der Waals surface area contributed by atoms with Crippen LogP contribution >= 0.6 is 0 Å². The molecule has 0 heterocycles. The zero-order chi connectivity index (χ0) is 11.1. The second kappa shape index (κ2) is 5.85. The van der Waals surface area contributed by atoms with Gasteiger partial charge in [0.15, 0.2) is 0 Å². The van der Waals surface area contributed by atoms with E-state index in [-0.39, 0.29) is 0 Å². The first-order valence-electron chi connectivity index (χ1n) is 4.54. The number of benzene rings is 1. The SMILES string of the molecule is CC(C)(O)C#C[Te]C#Cc1ccccc1. The van der Waals surface area contributed by atoms with E-state index >= 15 is 0 Å². The van der Waals surface area contributed by atoms with Crippen molar-refractivity contribution < 1.29 is 5.11 Å². The summed E-state index contributed by atoms with van der Waals surface area (Å²) in [5.41, 5.74) is 0.131. The Balaban J connectivity index is 2.51. The van der Waals surface area contributed by atoms with Gasteiger partial charge in [0.05, 0.1) is 0 Å². The second-order valence-electron chi connectivity index (χ2n) is 3.48. The van der Waals surface area contributed by atoms with E-state index in [1.165, 1.54) is 0 Å². The molecule has 0 amide bonds. The Hall–Kier alpha value is -0.910. The van der Waals surface area contributed by atoms with Crippen molar-refractivity contribution in [2.75, 3.05) is 0 Å². The number of hydrogen-bond donors (Lipinski definition) is 1. The molecule has 0 aliphatic rings. The Bertz CT molecular complexity index is 421. The minimum atomic E-state index is -0.890. The van der Waals surface area contributed by atoms with E-state index in [0.29, 0.717) is 0 Å². The van der Waals surface area contributed by atoms with Gasteiger partial charge >= 0.3 is 101 Å². The summed E-state index contributed by atoms with van der Waals surface area (Å²) in [6.45, 7) is 3.36. The standard InChI is InChI=1S/C13H12OTe/c1-13(2,14)9-11-15-10-8-12-6-4-3-5-7-12/h3-7,14H,1-2H3. The van der Waals surface area contributed by atoms with E-state index in [2.05, 4.69) is 19.8 Å². The molecule has 0 bridgehead atoms. The van der Waals surface area contributed by atoms with Gasteiger partial charge in [0, 0.05) is 0 Å². The first kappa shape index (κ1) is 12.2. The molecule has 0 radical (unpaired) electrons. The van der Waals surface area contributed by atoms with Crippen LogP contribution in [0.1, 0.15) is 19.4 Å². The molecule has 0 fully saturated rings. The van der Waals surface area contributed by atoms with E-state index < -0.39 is 26.5 Å². The Kier molecular flexibility index (Phi) is 4.74. The summed E-state index contributed by atoms with van der Waals surface area (Å²) < 4.78 is 6.02. The van der Waals surface area contributed by atoms with Crippen molar-refractivity contribution in [2.45, 2.75) is 19.4 Å². The van der Waals surface area contributed by atoms with Crippen LogP contribution in [0.4, 0.5) is 0 Å². The molecule has 1 aromatic rings. The van der Waals surface area contributed by atoms with Gasteiger partial charge in [0.2, 0.25) is 0 Å². The molecule has 0 saturated heterocycles. The van der Waals surface area contributed by atoms with E-state index in [4.69, 9.17) is 0 Å². The van der Waals surface area contributed by atoms with Crippen molar-refractivity contribution in [3.05, 3.63) is 35.9 Å². The molecule has 1 nitrogen and oxygen atoms in total. The summed E-state index contributed by atoms with van der Waals surface area (Å²) in [5.74, 6) is 5.82. The van der Waals surface area contributed by atoms with Gasteiger partial charge in [-0.1, -0.05) is 0 Å². The molecule has 0 unspecified atom stereocenters. The molecular formula is C13H12OTe. The minimum absolute atomic E-state index is 0.619. The van der Waals surface area contributed by atoms with Crippen LogP contribution in [0.5, 0.6) is 0 Å². The maximum absolute atomic E-state index is 9.33. The van der Waals surface area contributed by atoms with Gasteiger partial charge in [0.1, 0.15) is 0 Å². The first-order valence-corrected chi connectivity index (χ1v) is 6.87. The van der Waals surface area contributed by atoms with Gasteiger partial charge in [-0.2, -0.15) is 0 Å².